The molecule has 0 saturated carbocycles. The fraction of sp³-hybridized carbons (Fsp3) is 0.833. The SMILES string of the molecule is COC(=O)[C@H](SC)[C@H](C)O. The predicted octanol–water partition coefficient (Wildman–Crippen LogP) is 0.272. The number of methoxy groups -OCH3 is 1. The van der Waals surface area contributed by atoms with Crippen molar-refractivity contribution in [2.45, 2.75) is 18.3 Å². The number of hydrogen-bond donors (Lipinski definition) is 1. The maximum absolute atomic E-state index is 10.8. The van der Waals surface area contributed by atoms with Gasteiger partial charge in [-0.05, 0) is 13.2 Å². The number of hydrogen-bond acceptors (Lipinski definition) is 4. The zero-order valence-corrected chi connectivity index (χ0v) is 7.14. The van der Waals surface area contributed by atoms with Gasteiger partial charge in [0.25, 0.3) is 0 Å². The molecule has 0 fully saturated rings. The van der Waals surface area contributed by atoms with Crippen molar-refractivity contribution in [3.05, 3.63) is 0 Å². The fourth-order valence-electron chi connectivity index (χ4n) is 0.606. The highest BCUT2D eigenvalue weighted by Crippen LogP contribution is 2.12. The Hall–Kier alpha value is -0.220. The van der Waals surface area contributed by atoms with Gasteiger partial charge in [-0.2, -0.15) is 0 Å². The average molecular weight is 164 g/mol. The summed E-state index contributed by atoms with van der Waals surface area (Å²) in [5, 5.41) is 8.54. The lowest BCUT2D eigenvalue weighted by Gasteiger charge is -2.13. The molecule has 0 aliphatic carbocycles. The van der Waals surface area contributed by atoms with Gasteiger partial charge in [0.2, 0.25) is 0 Å². The number of thioether (sulfide) groups is 1. The number of rotatable bonds is 3. The van der Waals surface area contributed by atoms with Gasteiger partial charge in [-0.25, -0.2) is 0 Å². The van der Waals surface area contributed by atoms with Crippen molar-refractivity contribution in [2.24, 2.45) is 0 Å². The number of aliphatic hydroxyl groups excluding tert-OH is 1. The maximum Gasteiger partial charge on any atom is 0.321 e. The molecule has 10 heavy (non-hydrogen) atoms. The Labute approximate surface area is 64.8 Å². The minimum atomic E-state index is -0.651. The fourth-order valence-corrected chi connectivity index (χ4v) is 1.29. The van der Waals surface area contributed by atoms with Crippen molar-refractivity contribution < 1.29 is 14.6 Å². The summed E-state index contributed by atoms with van der Waals surface area (Å²) in [6, 6.07) is 0. The van der Waals surface area contributed by atoms with Gasteiger partial charge in [-0.1, -0.05) is 0 Å². The zero-order valence-electron chi connectivity index (χ0n) is 6.33. The first-order chi connectivity index (χ1) is 4.63. The smallest absolute Gasteiger partial charge is 0.321 e. The molecular formula is C6H12O3S. The van der Waals surface area contributed by atoms with E-state index in [0.717, 1.165) is 0 Å². The minimum absolute atomic E-state index is 0.373. The number of esters is 1. The largest absolute Gasteiger partial charge is 0.468 e. The van der Waals surface area contributed by atoms with Crippen LogP contribution in [-0.2, 0) is 9.53 Å². The van der Waals surface area contributed by atoms with Gasteiger partial charge in [0.15, 0.2) is 0 Å². The second kappa shape index (κ2) is 4.57. The summed E-state index contributed by atoms with van der Waals surface area (Å²) in [6.45, 7) is 1.57. The molecule has 0 rings (SSSR count). The number of carbonyl (C=O) groups is 1. The molecule has 3 nitrogen and oxygen atoms in total. The Morgan fingerprint density at radius 2 is 2.20 bits per heavy atom. The standard InChI is InChI=1S/C6H12O3S/c1-4(7)5(10-3)6(8)9-2/h4-5,7H,1-3H3/t4-,5+/m0/s1. The molecule has 0 spiro atoms. The van der Waals surface area contributed by atoms with Crippen LogP contribution in [0.15, 0.2) is 0 Å². The van der Waals surface area contributed by atoms with E-state index in [4.69, 9.17) is 5.11 Å². The Kier molecular flexibility index (Phi) is 4.47. The van der Waals surface area contributed by atoms with Gasteiger partial charge in [0.05, 0.1) is 13.2 Å². The predicted molar refractivity (Wildman–Crippen MR) is 41.0 cm³/mol. The highest BCUT2D eigenvalue weighted by atomic mass is 32.2. The summed E-state index contributed by atoms with van der Waals surface area (Å²) in [7, 11) is 1.31. The quantitative estimate of drug-likeness (QED) is 0.608. The topological polar surface area (TPSA) is 46.5 Å². The minimum Gasteiger partial charge on any atom is -0.468 e. The summed E-state index contributed by atoms with van der Waals surface area (Å²) in [5.41, 5.74) is 0. The second-order valence-electron chi connectivity index (χ2n) is 1.92. The van der Waals surface area contributed by atoms with Crippen molar-refractivity contribution in [3.63, 3.8) is 0 Å². The molecule has 0 amide bonds. The Morgan fingerprint density at radius 1 is 1.70 bits per heavy atom. The monoisotopic (exact) mass is 164 g/mol. The van der Waals surface area contributed by atoms with E-state index in [2.05, 4.69) is 4.74 Å². The van der Waals surface area contributed by atoms with E-state index < -0.39 is 11.4 Å². The third kappa shape index (κ3) is 2.58. The Morgan fingerprint density at radius 3 is 2.30 bits per heavy atom. The summed E-state index contributed by atoms with van der Waals surface area (Å²) in [4.78, 5) is 10.8. The molecule has 0 aliphatic rings. The first kappa shape index (κ1) is 9.78. The highest BCUT2D eigenvalue weighted by Gasteiger charge is 2.22. The molecule has 0 unspecified atom stereocenters. The van der Waals surface area contributed by atoms with E-state index >= 15 is 0 Å². The van der Waals surface area contributed by atoms with Crippen LogP contribution < -0.4 is 0 Å². The van der Waals surface area contributed by atoms with Crippen molar-refractivity contribution in [1.82, 2.24) is 0 Å². The third-order valence-corrected chi connectivity index (χ3v) is 2.22. The molecule has 4 heteroatoms. The van der Waals surface area contributed by atoms with E-state index in [-0.39, 0.29) is 5.97 Å². The number of ether oxygens (including phenoxy) is 1. The van der Waals surface area contributed by atoms with Crippen molar-refractivity contribution in [1.29, 1.82) is 0 Å². The molecule has 0 saturated heterocycles. The molecule has 0 aromatic heterocycles. The van der Waals surface area contributed by atoms with Crippen LogP contribution in [0.25, 0.3) is 0 Å². The molecule has 0 aliphatic heterocycles. The molecule has 1 N–H and O–H groups in total. The molecule has 0 aromatic rings. The molecule has 60 valence electrons. The van der Waals surface area contributed by atoms with Gasteiger partial charge in [-0.3, -0.25) is 4.79 Å². The van der Waals surface area contributed by atoms with Gasteiger partial charge < -0.3 is 9.84 Å². The van der Waals surface area contributed by atoms with Crippen LogP contribution in [0.2, 0.25) is 0 Å². The van der Waals surface area contributed by atoms with E-state index in [1.807, 2.05) is 0 Å². The van der Waals surface area contributed by atoms with E-state index in [0.29, 0.717) is 0 Å². The van der Waals surface area contributed by atoms with Crippen LogP contribution in [0.1, 0.15) is 6.92 Å². The molecule has 0 aromatic carbocycles. The number of aliphatic hydroxyl groups is 1. The maximum atomic E-state index is 10.8. The van der Waals surface area contributed by atoms with E-state index in [1.54, 1.807) is 13.2 Å². The second-order valence-corrected chi connectivity index (χ2v) is 2.90. The lowest BCUT2D eigenvalue weighted by Crippen LogP contribution is -2.29. The highest BCUT2D eigenvalue weighted by molar-refractivity contribution is 7.99. The van der Waals surface area contributed by atoms with Crippen LogP contribution in [0.5, 0.6) is 0 Å². The van der Waals surface area contributed by atoms with Gasteiger partial charge in [0, 0.05) is 0 Å². The third-order valence-electron chi connectivity index (χ3n) is 1.13. The van der Waals surface area contributed by atoms with Crippen LogP contribution in [-0.4, -0.2) is 35.8 Å². The summed E-state index contributed by atoms with van der Waals surface area (Å²) < 4.78 is 4.44. The first-order valence-electron chi connectivity index (χ1n) is 2.92. The molecule has 0 radical (unpaired) electrons. The summed E-state index contributed by atoms with van der Waals surface area (Å²) in [6.07, 6.45) is 1.11. The van der Waals surface area contributed by atoms with Crippen LogP contribution >= 0.6 is 11.8 Å². The zero-order chi connectivity index (χ0) is 8.15. The Bertz CT molecular complexity index is 114. The van der Waals surface area contributed by atoms with Gasteiger partial charge in [0.1, 0.15) is 5.25 Å². The van der Waals surface area contributed by atoms with Gasteiger partial charge >= 0.3 is 5.97 Å². The van der Waals surface area contributed by atoms with Crippen molar-refractivity contribution >= 4 is 17.7 Å². The lowest BCUT2D eigenvalue weighted by atomic mass is 10.3. The summed E-state index contributed by atoms with van der Waals surface area (Å²) >= 11 is 1.29. The van der Waals surface area contributed by atoms with Crippen LogP contribution in [0.3, 0.4) is 0 Å². The number of carbonyl (C=O) groups excluding carboxylic acids is 1. The van der Waals surface area contributed by atoms with Crippen molar-refractivity contribution in [3.8, 4) is 0 Å². The van der Waals surface area contributed by atoms with Crippen molar-refractivity contribution in [2.75, 3.05) is 13.4 Å². The molecule has 0 heterocycles. The van der Waals surface area contributed by atoms with Crippen LogP contribution in [0.4, 0.5) is 0 Å². The normalized spacial score (nSPS) is 16.0. The first-order valence-corrected chi connectivity index (χ1v) is 4.21. The lowest BCUT2D eigenvalue weighted by molar-refractivity contribution is -0.141. The van der Waals surface area contributed by atoms with E-state index in [1.165, 1.54) is 18.9 Å². The average Bonchev–Trinajstić information content (AvgIpc) is 1.88. The molecular weight excluding hydrogens is 152 g/mol. The Balaban J connectivity index is 3.93. The molecule has 0 bridgehead atoms. The van der Waals surface area contributed by atoms with E-state index in [9.17, 15) is 4.79 Å². The van der Waals surface area contributed by atoms with Crippen LogP contribution in [0, 0.1) is 0 Å². The van der Waals surface area contributed by atoms with Gasteiger partial charge in [-0.15, -0.1) is 11.8 Å². The molecule has 2 atom stereocenters. The summed E-state index contributed by atoms with van der Waals surface area (Å²) in [5.74, 6) is -0.373.